The highest BCUT2D eigenvalue weighted by atomic mass is 79.9. The van der Waals surface area contributed by atoms with E-state index >= 15 is 0 Å². The van der Waals surface area contributed by atoms with Gasteiger partial charge < -0.3 is 0 Å². The van der Waals surface area contributed by atoms with Crippen molar-refractivity contribution in [3.63, 3.8) is 0 Å². The van der Waals surface area contributed by atoms with Gasteiger partial charge in [-0.2, -0.15) is 0 Å². The molecule has 2 rings (SSSR count). The zero-order valence-electron chi connectivity index (χ0n) is 12.4. The second-order valence-electron chi connectivity index (χ2n) is 6.25. The molecule has 1 saturated heterocycles. The quantitative estimate of drug-likeness (QED) is 0.677. The molecule has 0 aromatic rings. The number of piperidine rings is 1. The van der Waals surface area contributed by atoms with Crippen molar-refractivity contribution in [1.82, 2.24) is 9.21 Å². The van der Waals surface area contributed by atoms with E-state index in [1.807, 2.05) is 0 Å². The Bertz CT molecular complexity index is 396. The number of hydrogen-bond donors (Lipinski definition) is 0. The van der Waals surface area contributed by atoms with E-state index in [4.69, 9.17) is 0 Å². The van der Waals surface area contributed by atoms with E-state index in [-0.39, 0.29) is 0 Å². The summed E-state index contributed by atoms with van der Waals surface area (Å²) in [6, 6.07) is 0.723. The molecule has 2 fully saturated rings. The van der Waals surface area contributed by atoms with Crippen LogP contribution in [0.4, 0.5) is 0 Å². The summed E-state index contributed by atoms with van der Waals surface area (Å²) in [7, 11) is -3.02. The monoisotopic (exact) mass is 366 g/mol. The maximum Gasteiger partial charge on any atom is 0.211 e. The van der Waals surface area contributed by atoms with Crippen LogP contribution in [0.25, 0.3) is 0 Å². The Labute approximate surface area is 132 Å². The average Bonchev–Trinajstić information content (AvgIpc) is 2.91. The summed E-state index contributed by atoms with van der Waals surface area (Å²) in [6.07, 6.45) is 8.84. The lowest BCUT2D eigenvalue weighted by Gasteiger charge is -2.36. The van der Waals surface area contributed by atoms with E-state index < -0.39 is 10.0 Å². The van der Waals surface area contributed by atoms with Crippen LogP contribution in [0.2, 0.25) is 0 Å². The number of halogens is 1. The van der Waals surface area contributed by atoms with Crippen molar-refractivity contribution in [2.45, 2.75) is 44.6 Å². The molecule has 118 valence electrons. The minimum atomic E-state index is -3.02. The summed E-state index contributed by atoms with van der Waals surface area (Å²) in [5.74, 6) is 0.498. The Hall–Kier alpha value is 0.350. The normalized spacial score (nSPS) is 26.4. The van der Waals surface area contributed by atoms with Crippen molar-refractivity contribution in [1.29, 1.82) is 0 Å². The summed E-state index contributed by atoms with van der Waals surface area (Å²) in [4.78, 5) is 2.60. The van der Waals surface area contributed by atoms with Crippen LogP contribution in [0.3, 0.4) is 0 Å². The minimum absolute atomic E-state index is 0.498. The Kier molecular flexibility index (Phi) is 6.32. The molecular formula is C14H27BrN2O2S. The predicted octanol–water partition coefficient (Wildman–Crippen LogP) is 2.30. The molecule has 1 aliphatic heterocycles. The lowest BCUT2D eigenvalue weighted by Crippen LogP contribution is -2.45. The first-order valence-electron chi connectivity index (χ1n) is 7.76. The van der Waals surface area contributed by atoms with Crippen LogP contribution < -0.4 is 0 Å². The Morgan fingerprint density at radius 3 is 2.50 bits per heavy atom. The fourth-order valence-corrected chi connectivity index (χ4v) is 5.01. The predicted molar refractivity (Wildman–Crippen MR) is 86.8 cm³/mol. The third-order valence-electron chi connectivity index (χ3n) is 4.66. The minimum Gasteiger partial charge on any atom is -0.299 e. The maximum absolute atomic E-state index is 11.7. The first-order chi connectivity index (χ1) is 9.50. The molecule has 1 atom stereocenters. The summed E-state index contributed by atoms with van der Waals surface area (Å²) < 4.78 is 25.1. The smallest absolute Gasteiger partial charge is 0.211 e. The van der Waals surface area contributed by atoms with Crippen LogP contribution in [0.5, 0.6) is 0 Å². The van der Waals surface area contributed by atoms with E-state index in [0.29, 0.717) is 19.0 Å². The standard InChI is InChI=1S/C14H27BrN2O2S/c1-20(18,19)17-9-4-5-13(12-17)11-16(10-8-15)14-6-2-3-7-14/h13-14H,2-12H2,1H3. The third-order valence-corrected chi connectivity index (χ3v) is 6.28. The molecule has 0 amide bonds. The van der Waals surface area contributed by atoms with Crippen molar-refractivity contribution in [2.75, 3.05) is 37.8 Å². The molecule has 4 nitrogen and oxygen atoms in total. The first kappa shape index (κ1) is 16.7. The fourth-order valence-electron chi connectivity index (χ4n) is 3.61. The molecule has 1 aliphatic carbocycles. The van der Waals surface area contributed by atoms with Crippen LogP contribution >= 0.6 is 15.9 Å². The van der Waals surface area contributed by atoms with E-state index in [2.05, 4.69) is 20.8 Å². The van der Waals surface area contributed by atoms with Gasteiger partial charge in [0, 0.05) is 37.6 Å². The summed E-state index contributed by atoms with van der Waals surface area (Å²) in [5.41, 5.74) is 0. The van der Waals surface area contributed by atoms with Crippen molar-refractivity contribution >= 4 is 26.0 Å². The SMILES string of the molecule is CS(=O)(=O)N1CCCC(CN(CCBr)C2CCCC2)C1. The van der Waals surface area contributed by atoms with Gasteiger partial charge in [0.2, 0.25) is 10.0 Å². The van der Waals surface area contributed by atoms with Gasteiger partial charge >= 0.3 is 0 Å². The van der Waals surface area contributed by atoms with Gasteiger partial charge in [0.05, 0.1) is 6.26 Å². The van der Waals surface area contributed by atoms with Crippen molar-refractivity contribution in [3.8, 4) is 0 Å². The first-order valence-corrected chi connectivity index (χ1v) is 10.7. The van der Waals surface area contributed by atoms with Crippen molar-refractivity contribution in [3.05, 3.63) is 0 Å². The Morgan fingerprint density at radius 1 is 1.20 bits per heavy atom. The van der Waals surface area contributed by atoms with Gasteiger partial charge in [-0.1, -0.05) is 28.8 Å². The number of sulfonamides is 1. The highest BCUT2D eigenvalue weighted by Gasteiger charge is 2.29. The molecule has 0 aromatic carbocycles. The highest BCUT2D eigenvalue weighted by molar-refractivity contribution is 9.09. The number of alkyl halides is 1. The second kappa shape index (κ2) is 7.56. The topological polar surface area (TPSA) is 40.6 Å². The van der Waals surface area contributed by atoms with Gasteiger partial charge in [0.25, 0.3) is 0 Å². The second-order valence-corrected chi connectivity index (χ2v) is 9.03. The van der Waals surface area contributed by atoms with Crippen LogP contribution in [-0.2, 0) is 10.0 Å². The maximum atomic E-state index is 11.7. The van der Waals surface area contributed by atoms with Crippen LogP contribution in [0.15, 0.2) is 0 Å². The zero-order valence-corrected chi connectivity index (χ0v) is 14.8. The van der Waals surface area contributed by atoms with Gasteiger partial charge in [-0.05, 0) is 31.6 Å². The molecule has 0 bridgehead atoms. The average molecular weight is 367 g/mol. The van der Waals surface area contributed by atoms with E-state index in [1.165, 1.54) is 31.9 Å². The third kappa shape index (κ3) is 4.68. The molecule has 20 heavy (non-hydrogen) atoms. The number of rotatable bonds is 6. The van der Waals surface area contributed by atoms with E-state index in [1.54, 1.807) is 4.31 Å². The van der Waals surface area contributed by atoms with Gasteiger partial charge in [-0.3, -0.25) is 4.90 Å². The fraction of sp³-hybridized carbons (Fsp3) is 1.00. The zero-order chi connectivity index (χ0) is 14.6. The highest BCUT2D eigenvalue weighted by Crippen LogP contribution is 2.26. The van der Waals surface area contributed by atoms with Crippen molar-refractivity contribution in [2.24, 2.45) is 5.92 Å². The molecule has 0 N–H and O–H groups in total. The van der Waals surface area contributed by atoms with Crippen molar-refractivity contribution < 1.29 is 8.42 Å². The molecule has 6 heteroatoms. The molecule has 1 saturated carbocycles. The molecule has 0 spiro atoms. The van der Waals surface area contributed by atoms with Gasteiger partial charge in [-0.15, -0.1) is 0 Å². The summed E-state index contributed by atoms with van der Waals surface area (Å²) >= 11 is 3.56. The molecule has 0 radical (unpaired) electrons. The Morgan fingerprint density at radius 2 is 1.90 bits per heavy atom. The van der Waals surface area contributed by atoms with Gasteiger partial charge in [-0.25, -0.2) is 12.7 Å². The number of hydrogen-bond acceptors (Lipinski definition) is 3. The molecular weight excluding hydrogens is 340 g/mol. The van der Waals surface area contributed by atoms with Crippen LogP contribution in [0, 0.1) is 5.92 Å². The summed E-state index contributed by atoms with van der Waals surface area (Å²) in [5, 5.41) is 1.01. The van der Waals surface area contributed by atoms with E-state index in [9.17, 15) is 8.42 Å². The van der Waals surface area contributed by atoms with Gasteiger partial charge in [0.15, 0.2) is 0 Å². The van der Waals surface area contributed by atoms with Crippen LogP contribution in [0.1, 0.15) is 38.5 Å². The molecule has 2 aliphatic rings. The van der Waals surface area contributed by atoms with E-state index in [0.717, 1.165) is 37.3 Å². The molecule has 1 unspecified atom stereocenters. The largest absolute Gasteiger partial charge is 0.299 e. The summed E-state index contributed by atoms with van der Waals surface area (Å²) in [6.45, 7) is 3.56. The van der Waals surface area contributed by atoms with Crippen LogP contribution in [-0.4, -0.2) is 61.4 Å². The lowest BCUT2D eigenvalue weighted by molar-refractivity contribution is 0.145. The number of nitrogens with zero attached hydrogens (tertiary/aromatic N) is 2. The molecule has 1 heterocycles. The van der Waals surface area contributed by atoms with Gasteiger partial charge in [0.1, 0.15) is 0 Å². The lowest BCUT2D eigenvalue weighted by atomic mass is 9.98. The molecule has 0 aromatic heterocycles. The Balaban J connectivity index is 1.92.